The van der Waals surface area contributed by atoms with E-state index in [2.05, 4.69) is 51.7 Å². The molecule has 344 valence electrons. The van der Waals surface area contributed by atoms with Crippen LogP contribution in [0.15, 0.2) is 70.7 Å². The summed E-state index contributed by atoms with van der Waals surface area (Å²) in [6.07, 6.45) is 3.49. The van der Waals surface area contributed by atoms with Gasteiger partial charge in [0.05, 0.1) is 51.3 Å². The lowest BCUT2D eigenvalue weighted by Gasteiger charge is -2.47. The third-order valence-electron chi connectivity index (χ3n) is 13.8. The SMILES string of the molecule is Cc1ncsc1-c1ccc(C(C)NC(=O)[C@@H]2C[C@@H](O)CN2C(=O)C(c2cc(CCCN3CCCC(CN4CCN5c6cc(-c7ccccc7O)nnc6NC[C@H]5C4)C3)no2)C(C)C)cc1. The standard InChI is InChI=1S/C49H62N10O5S/c1-30(2)45(49(63)59-28-38(60)22-42(59)48(62)52-31(3)34-13-15-35(16-14-34)46-32(4)51-29-65-46)44-21-36(55-64-44)10-8-18-56-17-7-9-33(25-56)26-57-19-20-58-37(27-57)24-50-47-41(58)23-40(53-54-47)39-11-5-6-12-43(39)61/h5-6,11-16,21,23,29-31,33,37-38,42,45,60-61H,7-10,17-20,22,24-28H2,1-4H3,(H,50,54)(H,52,62)/t31?,33?,37-,38+,42-,45?/m0/s1. The number of thiazole rings is 1. The fraction of sp³-hybridized carbons (Fsp3) is 0.510. The van der Waals surface area contributed by atoms with Crippen molar-refractivity contribution in [1.82, 2.24) is 40.4 Å². The number of carbonyl (C=O) groups is 2. The number of fused-ring (bicyclic) bond motifs is 3. The van der Waals surface area contributed by atoms with E-state index in [1.54, 1.807) is 17.4 Å². The van der Waals surface area contributed by atoms with Crippen LogP contribution in [0.5, 0.6) is 5.75 Å². The topological polar surface area (TPSA) is 176 Å². The number of aromatic hydroxyl groups is 1. The molecular weight excluding hydrogens is 841 g/mol. The number of aliphatic hydroxyl groups excluding tert-OH is 1. The van der Waals surface area contributed by atoms with Crippen LogP contribution in [-0.2, 0) is 16.0 Å². The Morgan fingerprint density at radius 1 is 1.00 bits per heavy atom. The molecule has 0 aliphatic carbocycles. The minimum absolute atomic E-state index is 0.0934. The van der Waals surface area contributed by atoms with Crippen LogP contribution >= 0.6 is 11.3 Å². The van der Waals surface area contributed by atoms with E-state index >= 15 is 0 Å². The van der Waals surface area contributed by atoms with E-state index in [9.17, 15) is 19.8 Å². The van der Waals surface area contributed by atoms with Gasteiger partial charge in [0, 0.05) is 63.9 Å². The predicted molar refractivity (Wildman–Crippen MR) is 252 cm³/mol. The fourth-order valence-corrected chi connectivity index (χ4v) is 11.2. The zero-order chi connectivity index (χ0) is 45.2. The number of piperidine rings is 1. The van der Waals surface area contributed by atoms with Gasteiger partial charge in [0.1, 0.15) is 23.5 Å². The lowest BCUT2D eigenvalue weighted by molar-refractivity contribution is -0.141. The van der Waals surface area contributed by atoms with Gasteiger partial charge in [-0.05, 0) is 93.8 Å². The molecule has 65 heavy (non-hydrogen) atoms. The molecule has 4 N–H and O–H groups in total. The molecule has 3 aromatic heterocycles. The maximum absolute atomic E-state index is 14.3. The second-order valence-corrected chi connectivity index (χ2v) is 19.7. The number of hydrogen-bond acceptors (Lipinski definition) is 14. The van der Waals surface area contributed by atoms with E-state index in [1.165, 1.54) is 17.7 Å². The maximum atomic E-state index is 14.3. The summed E-state index contributed by atoms with van der Waals surface area (Å²) in [6.45, 7) is 15.9. The molecule has 0 saturated carbocycles. The number of anilines is 2. The highest BCUT2D eigenvalue weighted by molar-refractivity contribution is 7.13. The summed E-state index contributed by atoms with van der Waals surface area (Å²) in [7, 11) is 0. The number of piperazine rings is 1. The number of carbonyl (C=O) groups excluding carboxylic acids is 2. The van der Waals surface area contributed by atoms with Gasteiger partial charge >= 0.3 is 0 Å². The Labute approximate surface area is 385 Å². The molecule has 0 radical (unpaired) electrons. The molecule has 9 rings (SSSR count). The van der Waals surface area contributed by atoms with E-state index in [-0.39, 0.29) is 42.5 Å². The molecule has 3 saturated heterocycles. The molecule has 3 unspecified atom stereocenters. The van der Waals surface area contributed by atoms with Crippen LogP contribution in [0.2, 0.25) is 0 Å². The number of hydrogen-bond donors (Lipinski definition) is 4. The number of aromatic nitrogens is 4. The quantitative estimate of drug-likeness (QED) is 0.101. The molecular formula is C49H62N10O5S. The molecule has 16 heteroatoms. The summed E-state index contributed by atoms with van der Waals surface area (Å²) in [4.78, 5) is 42.7. The molecule has 4 aliphatic rings. The van der Waals surface area contributed by atoms with Crippen LogP contribution in [-0.4, -0.2) is 134 Å². The Kier molecular flexibility index (Phi) is 13.5. The number of nitrogens with one attached hydrogen (secondary N) is 2. The van der Waals surface area contributed by atoms with E-state index in [4.69, 9.17) is 4.52 Å². The molecule has 4 aliphatic heterocycles. The largest absolute Gasteiger partial charge is 0.507 e. The van der Waals surface area contributed by atoms with Crippen molar-refractivity contribution in [3.63, 3.8) is 0 Å². The number of nitrogens with zero attached hydrogens (tertiary/aromatic N) is 8. The monoisotopic (exact) mass is 902 g/mol. The van der Waals surface area contributed by atoms with Crippen molar-refractivity contribution >= 4 is 34.7 Å². The number of phenols is 1. The van der Waals surface area contributed by atoms with Gasteiger partial charge in [0.25, 0.3) is 0 Å². The summed E-state index contributed by atoms with van der Waals surface area (Å²) in [5.41, 5.74) is 8.11. The van der Waals surface area contributed by atoms with Gasteiger partial charge in [-0.1, -0.05) is 55.4 Å². The average molecular weight is 903 g/mol. The van der Waals surface area contributed by atoms with Gasteiger partial charge in [-0.25, -0.2) is 4.98 Å². The average Bonchev–Trinajstić information content (AvgIpc) is 4.06. The fourth-order valence-electron chi connectivity index (χ4n) is 10.4. The van der Waals surface area contributed by atoms with E-state index in [0.717, 1.165) is 104 Å². The van der Waals surface area contributed by atoms with Crippen molar-refractivity contribution in [2.45, 2.75) is 89.9 Å². The number of amides is 2. The lowest BCUT2D eigenvalue weighted by atomic mass is 9.91. The first kappa shape index (κ1) is 44.8. The maximum Gasteiger partial charge on any atom is 0.243 e. The Hall–Kier alpha value is -5.42. The molecule has 0 bridgehead atoms. The Bertz CT molecular complexity index is 2440. The van der Waals surface area contributed by atoms with Gasteiger partial charge in [-0.3, -0.25) is 14.5 Å². The molecule has 3 fully saturated rings. The Morgan fingerprint density at radius 3 is 2.62 bits per heavy atom. The van der Waals surface area contributed by atoms with Gasteiger partial charge in [-0.2, -0.15) is 0 Å². The minimum Gasteiger partial charge on any atom is -0.507 e. The highest BCUT2D eigenvalue weighted by Crippen LogP contribution is 2.37. The van der Waals surface area contributed by atoms with Crippen molar-refractivity contribution < 1.29 is 24.3 Å². The zero-order valence-corrected chi connectivity index (χ0v) is 38.7. The highest BCUT2D eigenvalue weighted by atomic mass is 32.1. The smallest absolute Gasteiger partial charge is 0.243 e. The van der Waals surface area contributed by atoms with Crippen LogP contribution in [0.3, 0.4) is 0 Å². The van der Waals surface area contributed by atoms with Crippen molar-refractivity contribution in [1.29, 1.82) is 0 Å². The summed E-state index contributed by atoms with van der Waals surface area (Å²) in [5, 5.41) is 41.1. The summed E-state index contributed by atoms with van der Waals surface area (Å²) < 4.78 is 5.88. The second kappa shape index (κ2) is 19.6. The van der Waals surface area contributed by atoms with Gasteiger partial charge in [0.2, 0.25) is 11.8 Å². The molecule has 0 spiro atoms. The van der Waals surface area contributed by atoms with Crippen molar-refractivity contribution in [2.75, 3.05) is 69.1 Å². The van der Waals surface area contributed by atoms with Crippen LogP contribution in [0.4, 0.5) is 11.5 Å². The first-order valence-corrected chi connectivity index (χ1v) is 24.2. The molecule has 2 amide bonds. The van der Waals surface area contributed by atoms with E-state index < -0.39 is 18.1 Å². The van der Waals surface area contributed by atoms with Gasteiger partial charge < -0.3 is 40.1 Å². The number of likely N-dealkylation sites (tertiary alicyclic amines) is 2. The van der Waals surface area contributed by atoms with Gasteiger partial charge in [0.15, 0.2) is 5.82 Å². The summed E-state index contributed by atoms with van der Waals surface area (Å²) in [6, 6.07) is 18.6. The normalized spacial score (nSPS) is 22.3. The number of aryl methyl sites for hydroxylation is 2. The number of phenolic OH excluding ortho intramolecular Hbond substituents is 1. The number of para-hydroxylation sites is 1. The molecule has 15 nitrogen and oxygen atoms in total. The number of rotatable bonds is 14. The molecule has 7 heterocycles. The molecule has 6 atom stereocenters. The van der Waals surface area contributed by atoms with Crippen molar-refractivity contribution in [2.24, 2.45) is 11.8 Å². The highest BCUT2D eigenvalue weighted by Gasteiger charge is 2.43. The Morgan fingerprint density at radius 2 is 1.83 bits per heavy atom. The lowest BCUT2D eigenvalue weighted by Crippen LogP contribution is -2.58. The zero-order valence-electron chi connectivity index (χ0n) is 37.9. The number of aliphatic hydroxyl groups is 1. The minimum atomic E-state index is -0.792. The van der Waals surface area contributed by atoms with Crippen LogP contribution in [0.25, 0.3) is 21.7 Å². The Balaban J connectivity index is 0.750. The van der Waals surface area contributed by atoms with Crippen LogP contribution in [0, 0.1) is 18.8 Å². The molecule has 5 aromatic rings. The summed E-state index contributed by atoms with van der Waals surface area (Å²) in [5.74, 6) is 0.871. The predicted octanol–water partition coefficient (Wildman–Crippen LogP) is 6.11. The van der Waals surface area contributed by atoms with E-state index in [0.29, 0.717) is 29.0 Å². The van der Waals surface area contributed by atoms with Crippen LogP contribution in [0.1, 0.15) is 81.1 Å². The van der Waals surface area contributed by atoms with Crippen LogP contribution < -0.4 is 15.5 Å². The number of β-amino-alcohol motifs (C(OH)–C–C–N with tert-alkyl or cyclic N) is 1. The summed E-state index contributed by atoms with van der Waals surface area (Å²) >= 11 is 1.60. The van der Waals surface area contributed by atoms with Crippen molar-refractivity contribution in [3.05, 3.63) is 88.9 Å². The first-order valence-electron chi connectivity index (χ1n) is 23.3. The third-order valence-corrected chi connectivity index (χ3v) is 14.8. The van der Waals surface area contributed by atoms with Gasteiger partial charge in [-0.15, -0.1) is 21.5 Å². The first-order chi connectivity index (χ1) is 31.5. The van der Waals surface area contributed by atoms with E-state index in [1.807, 2.05) is 81.7 Å². The number of benzene rings is 2. The third kappa shape index (κ3) is 9.91. The second-order valence-electron chi connectivity index (χ2n) is 18.8. The molecule has 2 aromatic carbocycles. The van der Waals surface area contributed by atoms with Crippen molar-refractivity contribution in [3.8, 4) is 27.4 Å².